The lowest BCUT2D eigenvalue weighted by Crippen LogP contribution is -2.34. The first-order valence-corrected chi connectivity index (χ1v) is 5.05. The molecule has 0 radical (unpaired) electrons. The van der Waals surface area contributed by atoms with Crippen LogP contribution >= 0.6 is 0 Å². The zero-order valence-corrected chi connectivity index (χ0v) is 8.55. The number of rotatable bonds is 5. The largest absolute Gasteiger partial charge is 0.370 e. The van der Waals surface area contributed by atoms with Crippen LogP contribution in [0.4, 0.5) is 0 Å². The van der Waals surface area contributed by atoms with Crippen LogP contribution in [0.1, 0.15) is 26.2 Å². The van der Waals surface area contributed by atoms with Gasteiger partial charge >= 0.3 is 0 Å². The number of guanidine groups is 1. The summed E-state index contributed by atoms with van der Waals surface area (Å²) in [7, 11) is 0. The van der Waals surface area contributed by atoms with Gasteiger partial charge in [-0.25, -0.2) is 4.99 Å². The lowest BCUT2D eigenvalue weighted by Gasteiger charge is -2.03. The molecule has 0 spiro atoms. The smallest absolute Gasteiger partial charge is 0.242 e. The quantitative estimate of drug-likeness (QED) is 0.414. The fourth-order valence-corrected chi connectivity index (χ4v) is 0.967. The molecule has 0 aromatic rings. The third-order valence-electron chi connectivity index (χ3n) is 1.89. The highest BCUT2D eigenvalue weighted by Gasteiger charge is 2.22. The molecule has 1 rings (SSSR count). The number of nitrogens with zero attached hydrogens (tertiary/aromatic N) is 1. The molecule has 1 fully saturated rings. The average molecular weight is 198 g/mol. The molecule has 5 nitrogen and oxygen atoms in total. The van der Waals surface area contributed by atoms with Crippen LogP contribution in [0.2, 0.25) is 0 Å². The molecular formula is C9H18N4O. The number of nitrogens with two attached hydrogens (primary N) is 1. The summed E-state index contributed by atoms with van der Waals surface area (Å²) in [6.07, 6.45) is 3.18. The van der Waals surface area contributed by atoms with E-state index in [1.165, 1.54) is 0 Å². The molecule has 0 aromatic carbocycles. The van der Waals surface area contributed by atoms with E-state index in [1.54, 1.807) is 0 Å². The van der Waals surface area contributed by atoms with Gasteiger partial charge in [-0.2, -0.15) is 0 Å². The Morgan fingerprint density at radius 2 is 2.29 bits per heavy atom. The lowest BCUT2D eigenvalue weighted by molar-refractivity contribution is -0.119. The Hall–Kier alpha value is -1.26. The number of carbonyl (C=O) groups excluding carboxylic acids is 1. The second-order valence-corrected chi connectivity index (χ2v) is 3.47. The van der Waals surface area contributed by atoms with Crippen molar-refractivity contribution in [3.8, 4) is 0 Å². The molecule has 5 heteroatoms. The molecule has 1 aliphatic carbocycles. The molecule has 0 heterocycles. The Labute approximate surface area is 84.1 Å². The molecule has 0 unspecified atom stereocenters. The van der Waals surface area contributed by atoms with Crippen molar-refractivity contribution in [2.75, 3.05) is 13.1 Å². The van der Waals surface area contributed by atoms with Gasteiger partial charge in [-0.15, -0.1) is 0 Å². The monoisotopic (exact) mass is 198 g/mol. The summed E-state index contributed by atoms with van der Waals surface area (Å²) in [5.74, 6) is 0.298. The number of carbonyl (C=O) groups is 1. The van der Waals surface area contributed by atoms with Gasteiger partial charge in [0.2, 0.25) is 5.91 Å². The fraction of sp³-hybridized carbons (Fsp3) is 0.778. The van der Waals surface area contributed by atoms with E-state index >= 15 is 0 Å². The topological polar surface area (TPSA) is 79.5 Å². The van der Waals surface area contributed by atoms with Crippen molar-refractivity contribution < 1.29 is 4.79 Å². The molecule has 0 saturated heterocycles. The van der Waals surface area contributed by atoms with Crippen molar-refractivity contribution in [3.05, 3.63) is 0 Å². The maximum atomic E-state index is 11.2. The van der Waals surface area contributed by atoms with E-state index in [0.29, 0.717) is 12.0 Å². The SMILES string of the molecule is CCCNC(N)=NCC(=O)NC1CC1. The Kier molecular flexibility index (Phi) is 4.22. The van der Waals surface area contributed by atoms with Crippen LogP contribution in [-0.2, 0) is 4.79 Å². The van der Waals surface area contributed by atoms with Gasteiger partial charge in [0.25, 0.3) is 0 Å². The minimum Gasteiger partial charge on any atom is -0.370 e. The van der Waals surface area contributed by atoms with E-state index < -0.39 is 0 Å². The molecule has 1 amide bonds. The van der Waals surface area contributed by atoms with Crippen LogP contribution in [0, 0.1) is 0 Å². The van der Waals surface area contributed by atoms with E-state index in [2.05, 4.69) is 15.6 Å². The Bertz CT molecular complexity index is 223. The molecular weight excluding hydrogens is 180 g/mol. The minimum absolute atomic E-state index is 0.0475. The molecule has 0 aromatic heterocycles. The van der Waals surface area contributed by atoms with Crippen LogP contribution < -0.4 is 16.4 Å². The summed E-state index contributed by atoms with van der Waals surface area (Å²) < 4.78 is 0. The molecule has 1 aliphatic rings. The fourth-order valence-electron chi connectivity index (χ4n) is 0.967. The Morgan fingerprint density at radius 3 is 2.86 bits per heavy atom. The summed E-state index contributed by atoms with van der Waals surface area (Å²) in [4.78, 5) is 15.1. The second-order valence-electron chi connectivity index (χ2n) is 3.47. The Morgan fingerprint density at radius 1 is 1.57 bits per heavy atom. The maximum absolute atomic E-state index is 11.2. The first kappa shape index (κ1) is 10.8. The van der Waals surface area contributed by atoms with Crippen LogP contribution in [0.15, 0.2) is 4.99 Å². The highest BCUT2D eigenvalue weighted by Crippen LogP contribution is 2.18. The van der Waals surface area contributed by atoms with E-state index in [1.807, 2.05) is 6.92 Å². The van der Waals surface area contributed by atoms with Gasteiger partial charge in [0.05, 0.1) is 0 Å². The highest BCUT2D eigenvalue weighted by molar-refractivity contribution is 5.84. The average Bonchev–Trinajstić information content (AvgIpc) is 2.95. The van der Waals surface area contributed by atoms with Gasteiger partial charge in [0.15, 0.2) is 5.96 Å². The van der Waals surface area contributed by atoms with Gasteiger partial charge in [-0.05, 0) is 19.3 Å². The molecule has 4 N–H and O–H groups in total. The standard InChI is InChI=1S/C9H18N4O/c1-2-5-11-9(10)12-6-8(14)13-7-3-4-7/h7H,2-6H2,1H3,(H,13,14)(H3,10,11,12). The van der Waals surface area contributed by atoms with Gasteiger partial charge in [-0.1, -0.05) is 6.92 Å². The maximum Gasteiger partial charge on any atom is 0.242 e. The normalized spacial score (nSPS) is 16.5. The molecule has 14 heavy (non-hydrogen) atoms. The van der Waals surface area contributed by atoms with E-state index in [-0.39, 0.29) is 12.5 Å². The van der Waals surface area contributed by atoms with E-state index in [9.17, 15) is 4.79 Å². The molecule has 80 valence electrons. The zero-order chi connectivity index (χ0) is 10.4. The minimum atomic E-state index is -0.0475. The van der Waals surface area contributed by atoms with Crippen molar-refractivity contribution in [1.82, 2.24) is 10.6 Å². The lowest BCUT2D eigenvalue weighted by atomic mass is 10.5. The summed E-state index contributed by atoms with van der Waals surface area (Å²) in [6.45, 7) is 2.96. The van der Waals surface area contributed by atoms with Gasteiger partial charge in [0, 0.05) is 12.6 Å². The molecule has 0 atom stereocenters. The molecule has 0 bridgehead atoms. The van der Waals surface area contributed by atoms with Crippen molar-refractivity contribution in [2.24, 2.45) is 10.7 Å². The van der Waals surface area contributed by atoms with Crippen LogP contribution in [0.25, 0.3) is 0 Å². The van der Waals surface area contributed by atoms with Crippen molar-refractivity contribution in [3.63, 3.8) is 0 Å². The Balaban J connectivity index is 2.12. The number of hydrogen-bond donors (Lipinski definition) is 3. The number of amides is 1. The first-order chi connectivity index (χ1) is 6.72. The number of nitrogens with one attached hydrogen (secondary N) is 2. The third kappa shape index (κ3) is 4.69. The first-order valence-electron chi connectivity index (χ1n) is 5.05. The van der Waals surface area contributed by atoms with Crippen molar-refractivity contribution >= 4 is 11.9 Å². The van der Waals surface area contributed by atoms with Crippen LogP contribution in [-0.4, -0.2) is 31.0 Å². The number of aliphatic imine (C=N–C) groups is 1. The molecule has 1 saturated carbocycles. The summed E-state index contributed by atoms with van der Waals surface area (Å²) >= 11 is 0. The van der Waals surface area contributed by atoms with E-state index in [4.69, 9.17) is 5.73 Å². The van der Waals surface area contributed by atoms with Gasteiger partial charge < -0.3 is 16.4 Å². The third-order valence-corrected chi connectivity index (χ3v) is 1.89. The van der Waals surface area contributed by atoms with Gasteiger partial charge in [0.1, 0.15) is 6.54 Å². The number of hydrogen-bond acceptors (Lipinski definition) is 2. The predicted molar refractivity (Wildman–Crippen MR) is 55.9 cm³/mol. The predicted octanol–water partition coefficient (Wildman–Crippen LogP) is -0.421. The van der Waals surface area contributed by atoms with Gasteiger partial charge in [-0.3, -0.25) is 4.79 Å². The molecule has 0 aliphatic heterocycles. The summed E-state index contributed by atoms with van der Waals surface area (Å²) in [6, 6.07) is 0.391. The van der Waals surface area contributed by atoms with Crippen molar-refractivity contribution in [2.45, 2.75) is 32.2 Å². The van der Waals surface area contributed by atoms with E-state index in [0.717, 1.165) is 25.8 Å². The summed E-state index contributed by atoms with van der Waals surface area (Å²) in [5, 5.41) is 5.74. The zero-order valence-electron chi connectivity index (χ0n) is 8.55. The summed E-state index contributed by atoms with van der Waals surface area (Å²) in [5.41, 5.74) is 5.51. The second kappa shape index (κ2) is 5.47. The van der Waals surface area contributed by atoms with Crippen LogP contribution in [0.3, 0.4) is 0 Å². The van der Waals surface area contributed by atoms with Crippen molar-refractivity contribution in [1.29, 1.82) is 0 Å². The van der Waals surface area contributed by atoms with Crippen LogP contribution in [0.5, 0.6) is 0 Å². The highest BCUT2D eigenvalue weighted by atomic mass is 16.1.